The van der Waals surface area contributed by atoms with E-state index in [4.69, 9.17) is 4.98 Å². The van der Waals surface area contributed by atoms with Gasteiger partial charge in [-0.3, -0.25) is 4.98 Å². The number of pyridine rings is 1. The minimum absolute atomic E-state index is 0.525. The number of fused-ring (bicyclic) bond motifs is 3. The molecule has 0 N–H and O–H groups in total. The predicted molar refractivity (Wildman–Crippen MR) is 152 cm³/mol. The molecule has 1 aromatic heterocycles. The molecule has 174 valence electrons. The number of rotatable bonds is 4. The van der Waals surface area contributed by atoms with Crippen molar-refractivity contribution in [3.05, 3.63) is 174 Å². The molecule has 37 heavy (non-hydrogen) atoms. The van der Waals surface area contributed by atoms with Crippen LogP contribution in [-0.2, 0) is 5.41 Å². The van der Waals surface area contributed by atoms with E-state index in [-0.39, 0.29) is 0 Å². The first-order valence-electron chi connectivity index (χ1n) is 12.7. The van der Waals surface area contributed by atoms with Crippen LogP contribution in [0.25, 0.3) is 33.5 Å². The van der Waals surface area contributed by atoms with Gasteiger partial charge in [0.2, 0.25) is 0 Å². The lowest BCUT2D eigenvalue weighted by Gasteiger charge is -2.33. The van der Waals surface area contributed by atoms with Crippen LogP contribution >= 0.6 is 0 Å². The van der Waals surface area contributed by atoms with Gasteiger partial charge in [-0.05, 0) is 57.1 Å². The summed E-state index contributed by atoms with van der Waals surface area (Å²) in [6, 6.07) is 54.2. The third-order valence-electron chi connectivity index (χ3n) is 7.56. The summed E-state index contributed by atoms with van der Waals surface area (Å²) in [4.78, 5) is 5.37. The summed E-state index contributed by atoms with van der Waals surface area (Å²) in [7, 11) is 0. The van der Waals surface area contributed by atoms with Gasteiger partial charge in [0, 0.05) is 5.56 Å². The molecule has 0 spiro atoms. The molecule has 1 heterocycles. The van der Waals surface area contributed by atoms with Crippen LogP contribution in [0.1, 0.15) is 22.4 Å². The van der Waals surface area contributed by atoms with Crippen LogP contribution in [0.4, 0.5) is 0 Å². The average Bonchev–Trinajstić information content (AvgIpc) is 3.30. The molecule has 1 aliphatic carbocycles. The molecule has 0 atom stereocenters. The smallest absolute Gasteiger partial charge is 0.0886 e. The van der Waals surface area contributed by atoms with Crippen LogP contribution in [0.5, 0.6) is 0 Å². The minimum atomic E-state index is -0.525. The first-order chi connectivity index (χ1) is 18.4. The zero-order chi connectivity index (χ0) is 24.7. The summed E-state index contributed by atoms with van der Waals surface area (Å²) >= 11 is 0. The first kappa shape index (κ1) is 21.5. The lowest BCUT2D eigenvalue weighted by atomic mass is 9.69. The fourth-order valence-corrected chi connectivity index (χ4v) is 5.95. The largest absolute Gasteiger partial charge is 0.251 e. The fourth-order valence-electron chi connectivity index (χ4n) is 5.95. The third kappa shape index (κ3) is 3.36. The van der Waals surface area contributed by atoms with E-state index in [1.54, 1.807) is 0 Å². The van der Waals surface area contributed by atoms with E-state index >= 15 is 0 Å². The molecule has 0 saturated heterocycles. The van der Waals surface area contributed by atoms with E-state index in [1.807, 2.05) is 6.07 Å². The quantitative estimate of drug-likeness (QED) is 0.250. The van der Waals surface area contributed by atoms with Gasteiger partial charge >= 0.3 is 0 Å². The molecule has 0 amide bonds. The molecule has 0 bridgehead atoms. The Morgan fingerprint density at radius 2 is 0.946 bits per heavy atom. The van der Waals surface area contributed by atoms with Crippen molar-refractivity contribution in [1.29, 1.82) is 0 Å². The van der Waals surface area contributed by atoms with Crippen LogP contribution in [0.15, 0.2) is 152 Å². The molecule has 0 saturated carbocycles. The Labute approximate surface area is 217 Å². The monoisotopic (exact) mass is 471 g/mol. The highest BCUT2D eigenvalue weighted by Gasteiger charge is 2.47. The summed E-state index contributed by atoms with van der Waals surface area (Å²) in [6.45, 7) is 0. The molecule has 1 heteroatoms. The Morgan fingerprint density at radius 3 is 1.62 bits per heavy atom. The van der Waals surface area contributed by atoms with E-state index in [1.165, 1.54) is 38.9 Å². The molecular weight excluding hydrogens is 446 g/mol. The minimum Gasteiger partial charge on any atom is -0.251 e. The van der Waals surface area contributed by atoms with Gasteiger partial charge in [0.25, 0.3) is 0 Å². The predicted octanol–water partition coefficient (Wildman–Crippen LogP) is 8.78. The molecule has 5 aromatic carbocycles. The topological polar surface area (TPSA) is 12.9 Å². The highest BCUT2D eigenvalue weighted by atomic mass is 14.8. The standard InChI is InChI=1S/C36H25N/c1-3-13-26(14-4-1)28-17-11-18-29(25-28)36(35-24-12-23-34(37-35)27-15-5-2-6-16-27)32-21-9-7-19-30(32)31-20-8-10-22-33(31)36/h1-25H. The molecule has 0 fully saturated rings. The Balaban J connectivity index is 1.56. The Kier molecular flexibility index (Phi) is 5.08. The van der Waals surface area contributed by atoms with E-state index in [9.17, 15) is 0 Å². The number of nitrogens with zero attached hydrogens (tertiary/aromatic N) is 1. The van der Waals surface area contributed by atoms with Crippen molar-refractivity contribution in [2.75, 3.05) is 0 Å². The van der Waals surface area contributed by atoms with Crippen LogP contribution < -0.4 is 0 Å². The van der Waals surface area contributed by atoms with Crippen LogP contribution in [0.3, 0.4) is 0 Å². The molecule has 0 radical (unpaired) electrons. The summed E-state index contributed by atoms with van der Waals surface area (Å²) in [5.74, 6) is 0. The molecular formula is C36H25N. The number of hydrogen-bond acceptors (Lipinski definition) is 1. The average molecular weight is 472 g/mol. The molecule has 1 aliphatic rings. The van der Waals surface area contributed by atoms with Crippen molar-refractivity contribution in [1.82, 2.24) is 4.98 Å². The highest BCUT2D eigenvalue weighted by molar-refractivity contribution is 5.86. The van der Waals surface area contributed by atoms with Gasteiger partial charge < -0.3 is 0 Å². The fraction of sp³-hybridized carbons (Fsp3) is 0.0278. The zero-order valence-corrected chi connectivity index (χ0v) is 20.4. The lowest BCUT2D eigenvalue weighted by molar-refractivity contribution is 0.736. The second-order valence-electron chi connectivity index (χ2n) is 9.56. The molecule has 6 aromatic rings. The highest BCUT2D eigenvalue weighted by Crippen LogP contribution is 2.55. The van der Waals surface area contributed by atoms with Gasteiger partial charge in [-0.1, -0.05) is 133 Å². The first-order valence-corrected chi connectivity index (χ1v) is 12.7. The third-order valence-corrected chi connectivity index (χ3v) is 7.56. The van der Waals surface area contributed by atoms with Gasteiger partial charge in [-0.2, -0.15) is 0 Å². The molecule has 7 rings (SSSR count). The van der Waals surface area contributed by atoms with Crippen molar-refractivity contribution in [3.63, 3.8) is 0 Å². The number of aromatic nitrogens is 1. The summed E-state index contributed by atoms with van der Waals surface area (Å²) in [5.41, 5.74) is 11.4. The maximum Gasteiger partial charge on any atom is 0.0886 e. The summed E-state index contributed by atoms with van der Waals surface area (Å²) in [5, 5.41) is 0. The SMILES string of the molecule is c1ccc(-c2cccc(C3(c4cccc(-c5ccccc5)n4)c4ccccc4-c4ccccc43)c2)cc1. The van der Waals surface area contributed by atoms with Crippen molar-refractivity contribution in [3.8, 4) is 33.5 Å². The lowest BCUT2D eigenvalue weighted by Crippen LogP contribution is -2.30. The van der Waals surface area contributed by atoms with Gasteiger partial charge in [0.1, 0.15) is 0 Å². The van der Waals surface area contributed by atoms with Gasteiger partial charge in [-0.15, -0.1) is 0 Å². The van der Waals surface area contributed by atoms with E-state index in [0.29, 0.717) is 0 Å². The molecule has 0 unspecified atom stereocenters. The van der Waals surface area contributed by atoms with Gasteiger partial charge in [-0.25, -0.2) is 0 Å². The summed E-state index contributed by atoms with van der Waals surface area (Å²) < 4.78 is 0. The Hall–Kier alpha value is -4.75. The van der Waals surface area contributed by atoms with Crippen molar-refractivity contribution in [2.45, 2.75) is 5.41 Å². The van der Waals surface area contributed by atoms with Crippen LogP contribution in [0, 0.1) is 0 Å². The van der Waals surface area contributed by atoms with Crippen molar-refractivity contribution < 1.29 is 0 Å². The molecule has 0 aliphatic heterocycles. The maximum absolute atomic E-state index is 5.37. The normalized spacial score (nSPS) is 13.1. The maximum atomic E-state index is 5.37. The second-order valence-corrected chi connectivity index (χ2v) is 9.56. The zero-order valence-electron chi connectivity index (χ0n) is 20.4. The van der Waals surface area contributed by atoms with E-state index in [0.717, 1.165) is 17.0 Å². The summed E-state index contributed by atoms with van der Waals surface area (Å²) in [6.07, 6.45) is 0. The molecule has 1 nitrogen and oxygen atoms in total. The van der Waals surface area contributed by atoms with Crippen LogP contribution in [0.2, 0.25) is 0 Å². The van der Waals surface area contributed by atoms with Gasteiger partial charge in [0.05, 0.1) is 16.8 Å². The van der Waals surface area contributed by atoms with Gasteiger partial charge in [0.15, 0.2) is 0 Å². The van der Waals surface area contributed by atoms with E-state index < -0.39 is 5.41 Å². The second kappa shape index (κ2) is 8.72. The Morgan fingerprint density at radius 1 is 0.405 bits per heavy atom. The Bertz CT molecular complexity index is 1590. The van der Waals surface area contributed by atoms with Crippen molar-refractivity contribution in [2.24, 2.45) is 0 Å². The van der Waals surface area contributed by atoms with E-state index in [2.05, 4.69) is 146 Å². The van der Waals surface area contributed by atoms with Crippen LogP contribution in [-0.4, -0.2) is 4.98 Å². The number of benzene rings is 5. The number of hydrogen-bond donors (Lipinski definition) is 0. The van der Waals surface area contributed by atoms with Crippen molar-refractivity contribution >= 4 is 0 Å².